The highest BCUT2D eigenvalue weighted by Gasteiger charge is 2.27. The zero-order valence-corrected chi connectivity index (χ0v) is 13.7. The van der Waals surface area contributed by atoms with Crippen molar-refractivity contribution in [1.29, 1.82) is 0 Å². The summed E-state index contributed by atoms with van der Waals surface area (Å²) >= 11 is 0. The lowest BCUT2D eigenvalue weighted by Gasteiger charge is -2.34. The average Bonchev–Trinajstić information content (AvgIpc) is 2.48. The Kier molecular flexibility index (Phi) is 5.20. The summed E-state index contributed by atoms with van der Waals surface area (Å²) in [5, 5.41) is 6.58. The highest BCUT2D eigenvalue weighted by Crippen LogP contribution is 2.30. The Bertz CT molecular complexity index is 451. The van der Waals surface area contributed by atoms with Gasteiger partial charge in [0.25, 0.3) is 0 Å². The van der Waals surface area contributed by atoms with Gasteiger partial charge in [0, 0.05) is 25.7 Å². The molecule has 118 valence electrons. The lowest BCUT2D eigenvalue weighted by molar-refractivity contribution is 0.347. The lowest BCUT2D eigenvalue weighted by atomic mass is 9.83. The van der Waals surface area contributed by atoms with Crippen molar-refractivity contribution in [3.8, 4) is 0 Å². The first-order valence-corrected chi connectivity index (χ1v) is 8.07. The highest BCUT2D eigenvalue weighted by molar-refractivity contribution is 5.44. The SMILES string of the molecule is CCN(CC)c1nc(NC)nc(NC2(C)CCCCC2)n1. The molecule has 6 nitrogen and oxygen atoms in total. The summed E-state index contributed by atoms with van der Waals surface area (Å²) < 4.78 is 0. The minimum atomic E-state index is 0.102. The van der Waals surface area contributed by atoms with Crippen LogP contribution in [0.4, 0.5) is 17.8 Å². The van der Waals surface area contributed by atoms with Crippen LogP contribution >= 0.6 is 0 Å². The molecule has 1 saturated carbocycles. The largest absolute Gasteiger partial charge is 0.357 e. The monoisotopic (exact) mass is 292 g/mol. The maximum Gasteiger partial charge on any atom is 0.231 e. The standard InChI is InChI=1S/C15H28N6/c1-5-21(6-2)14-18-12(16-4)17-13(19-14)20-15(3)10-8-7-9-11-15/h5-11H2,1-4H3,(H2,16,17,18,19,20). The van der Waals surface area contributed by atoms with Gasteiger partial charge in [-0.2, -0.15) is 15.0 Å². The molecule has 1 aliphatic rings. The maximum atomic E-state index is 4.62. The molecule has 6 heteroatoms. The zero-order valence-electron chi connectivity index (χ0n) is 13.7. The first-order chi connectivity index (χ1) is 10.1. The Labute approximate surface area is 127 Å². The predicted octanol–water partition coefficient (Wildman–Crippen LogP) is 2.89. The molecule has 1 aromatic rings. The summed E-state index contributed by atoms with van der Waals surface area (Å²) in [6.45, 7) is 8.27. The van der Waals surface area contributed by atoms with Crippen LogP contribution in [0, 0.1) is 0 Å². The molecule has 0 saturated heterocycles. The normalized spacial score (nSPS) is 17.3. The van der Waals surface area contributed by atoms with Crippen molar-refractivity contribution in [2.24, 2.45) is 0 Å². The van der Waals surface area contributed by atoms with Gasteiger partial charge < -0.3 is 15.5 Å². The van der Waals surface area contributed by atoms with Crippen molar-refractivity contribution < 1.29 is 0 Å². The quantitative estimate of drug-likeness (QED) is 0.840. The van der Waals surface area contributed by atoms with Crippen molar-refractivity contribution in [3.05, 3.63) is 0 Å². The average molecular weight is 292 g/mol. The van der Waals surface area contributed by atoms with E-state index >= 15 is 0 Å². The minimum absolute atomic E-state index is 0.102. The molecule has 0 spiro atoms. The predicted molar refractivity (Wildman–Crippen MR) is 88.0 cm³/mol. The first-order valence-electron chi connectivity index (χ1n) is 8.07. The molecule has 0 bridgehead atoms. The number of nitrogens with zero attached hydrogens (tertiary/aromatic N) is 4. The number of anilines is 3. The molecule has 0 amide bonds. The Hall–Kier alpha value is -1.59. The Balaban J connectivity index is 2.23. The van der Waals surface area contributed by atoms with E-state index in [9.17, 15) is 0 Å². The number of rotatable bonds is 6. The van der Waals surface area contributed by atoms with Crippen LogP contribution in [0.25, 0.3) is 0 Å². The third kappa shape index (κ3) is 3.95. The number of hydrogen-bond acceptors (Lipinski definition) is 6. The van der Waals surface area contributed by atoms with Gasteiger partial charge in [0.05, 0.1) is 0 Å². The summed E-state index contributed by atoms with van der Waals surface area (Å²) in [7, 11) is 1.84. The molecule has 0 radical (unpaired) electrons. The molecule has 0 aliphatic heterocycles. The van der Waals surface area contributed by atoms with E-state index in [0.717, 1.165) is 19.0 Å². The van der Waals surface area contributed by atoms with Crippen LogP contribution in [0.1, 0.15) is 52.9 Å². The fourth-order valence-corrected chi connectivity index (χ4v) is 2.91. The second kappa shape index (κ2) is 6.91. The Morgan fingerprint density at radius 1 is 1.00 bits per heavy atom. The maximum absolute atomic E-state index is 4.62. The third-order valence-electron chi connectivity index (χ3n) is 4.26. The first kappa shape index (κ1) is 15.8. The summed E-state index contributed by atoms with van der Waals surface area (Å²) in [6.07, 6.45) is 6.23. The Morgan fingerprint density at radius 3 is 2.19 bits per heavy atom. The van der Waals surface area contributed by atoms with Crippen LogP contribution < -0.4 is 15.5 Å². The molecule has 2 rings (SSSR count). The second-order valence-corrected chi connectivity index (χ2v) is 5.95. The van der Waals surface area contributed by atoms with E-state index < -0.39 is 0 Å². The molecule has 21 heavy (non-hydrogen) atoms. The van der Waals surface area contributed by atoms with Crippen LogP contribution in [-0.4, -0.2) is 40.6 Å². The fourth-order valence-electron chi connectivity index (χ4n) is 2.91. The van der Waals surface area contributed by atoms with E-state index in [-0.39, 0.29) is 5.54 Å². The highest BCUT2D eigenvalue weighted by atomic mass is 15.3. The molecule has 2 N–H and O–H groups in total. The minimum Gasteiger partial charge on any atom is -0.357 e. The van der Waals surface area contributed by atoms with Gasteiger partial charge in [-0.1, -0.05) is 19.3 Å². The molecule has 1 aliphatic carbocycles. The van der Waals surface area contributed by atoms with Gasteiger partial charge in [-0.15, -0.1) is 0 Å². The van der Waals surface area contributed by atoms with Crippen LogP contribution in [0.2, 0.25) is 0 Å². The van der Waals surface area contributed by atoms with Crippen molar-refractivity contribution in [1.82, 2.24) is 15.0 Å². The van der Waals surface area contributed by atoms with Gasteiger partial charge in [0.1, 0.15) is 0 Å². The summed E-state index contributed by atoms with van der Waals surface area (Å²) in [4.78, 5) is 15.7. The summed E-state index contributed by atoms with van der Waals surface area (Å²) in [6, 6.07) is 0. The zero-order chi connectivity index (χ0) is 15.3. The molecular formula is C15H28N6. The topological polar surface area (TPSA) is 66.0 Å². The van der Waals surface area contributed by atoms with Crippen LogP contribution in [0.5, 0.6) is 0 Å². The van der Waals surface area contributed by atoms with E-state index in [1.807, 2.05) is 7.05 Å². The summed E-state index contributed by atoms with van der Waals surface area (Å²) in [5.74, 6) is 2.04. The van der Waals surface area contributed by atoms with Crippen molar-refractivity contribution in [3.63, 3.8) is 0 Å². The molecule has 0 aromatic carbocycles. The molecule has 0 atom stereocenters. The third-order valence-corrected chi connectivity index (χ3v) is 4.26. The van der Waals surface area contributed by atoms with E-state index in [0.29, 0.717) is 11.9 Å². The molecule has 1 fully saturated rings. The van der Waals surface area contributed by atoms with Gasteiger partial charge in [-0.3, -0.25) is 0 Å². The van der Waals surface area contributed by atoms with Crippen molar-refractivity contribution in [2.45, 2.75) is 58.4 Å². The molecule has 1 aromatic heterocycles. The molecule has 1 heterocycles. The van der Waals surface area contributed by atoms with Gasteiger partial charge >= 0.3 is 0 Å². The van der Waals surface area contributed by atoms with E-state index in [1.165, 1.54) is 32.1 Å². The summed E-state index contributed by atoms with van der Waals surface area (Å²) in [5.41, 5.74) is 0.102. The number of hydrogen-bond donors (Lipinski definition) is 2. The number of nitrogens with one attached hydrogen (secondary N) is 2. The lowest BCUT2D eigenvalue weighted by Crippen LogP contribution is -2.38. The number of aromatic nitrogens is 3. The van der Waals surface area contributed by atoms with E-state index in [1.54, 1.807) is 0 Å². The smallest absolute Gasteiger partial charge is 0.231 e. The van der Waals surface area contributed by atoms with Crippen LogP contribution in [-0.2, 0) is 0 Å². The van der Waals surface area contributed by atoms with Crippen molar-refractivity contribution in [2.75, 3.05) is 35.7 Å². The van der Waals surface area contributed by atoms with Crippen LogP contribution in [0.3, 0.4) is 0 Å². The molecule has 0 unspecified atom stereocenters. The Morgan fingerprint density at radius 2 is 1.62 bits per heavy atom. The van der Waals surface area contributed by atoms with Gasteiger partial charge in [0.2, 0.25) is 17.8 Å². The van der Waals surface area contributed by atoms with Crippen molar-refractivity contribution >= 4 is 17.8 Å². The van der Waals surface area contributed by atoms with Gasteiger partial charge in [0.15, 0.2) is 0 Å². The second-order valence-electron chi connectivity index (χ2n) is 5.95. The molecular weight excluding hydrogens is 264 g/mol. The van der Waals surface area contributed by atoms with E-state index in [4.69, 9.17) is 0 Å². The van der Waals surface area contributed by atoms with Crippen LogP contribution in [0.15, 0.2) is 0 Å². The fraction of sp³-hybridized carbons (Fsp3) is 0.800. The van der Waals surface area contributed by atoms with E-state index in [2.05, 4.69) is 51.3 Å². The van der Waals surface area contributed by atoms with Gasteiger partial charge in [-0.25, -0.2) is 0 Å². The van der Waals surface area contributed by atoms with Gasteiger partial charge in [-0.05, 0) is 33.6 Å².